The zero-order chi connectivity index (χ0) is 17.1. The van der Waals surface area contributed by atoms with Crippen molar-refractivity contribution >= 4 is 0 Å². The Balaban J connectivity index is 1.45. The van der Waals surface area contributed by atoms with E-state index in [9.17, 15) is 0 Å². The molecule has 25 heavy (non-hydrogen) atoms. The van der Waals surface area contributed by atoms with Crippen LogP contribution < -0.4 is 5.32 Å². The van der Waals surface area contributed by atoms with E-state index in [1.54, 1.807) is 0 Å². The first-order valence-corrected chi connectivity index (χ1v) is 9.10. The highest BCUT2D eigenvalue weighted by molar-refractivity contribution is 5.33. The summed E-state index contributed by atoms with van der Waals surface area (Å²) in [7, 11) is 0. The van der Waals surface area contributed by atoms with Gasteiger partial charge in [-0.3, -0.25) is 4.98 Å². The van der Waals surface area contributed by atoms with E-state index in [1.807, 2.05) is 35.3 Å². The minimum absolute atomic E-state index is 0.235. The van der Waals surface area contributed by atoms with E-state index in [-0.39, 0.29) is 6.04 Å². The smallest absolute Gasteiger partial charge is 0.0645 e. The Kier molecular flexibility index (Phi) is 4.61. The number of para-hydroxylation sites is 1. The van der Waals surface area contributed by atoms with Gasteiger partial charge in [-0.25, -0.2) is 4.68 Å². The predicted octanol–water partition coefficient (Wildman–Crippen LogP) is 4.00. The summed E-state index contributed by atoms with van der Waals surface area (Å²) in [5, 5.41) is 8.11. The van der Waals surface area contributed by atoms with E-state index in [0.29, 0.717) is 0 Å². The van der Waals surface area contributed by atoms with E-state index in [0.717, 1.165) is 12.2 Å². The lowest BCUT2D eigenvalue weighted by molar-refractivity contribution is 0.559. The molecular formula is C21H24N4. The fourth-order valence-electron chi connectivity index (χ4n) is 3.54. The van der Waals surface area contributed by atoms with E-state index < -0.39 is 0 Å². The van der Waals surface area contributed by atoms with Crippen LogP contribution in [0.3, 0.4) is 0 Å². The van der Waals surface area contributed by atoms with Crippen molar-refractivity contribution in [2.24, 2.45) is 0 Å². The fraction of sp³-hybridized carbons (Fsp3) is 0.333. The van der Waals surface area contributed by atoms with Crippen molar-refractivity contribution in [1.82, 2.24) is 20.1 Å². The first-order valence-electron chi connectivity index (χ1n) is 9.10. The number of aryl methyl sites for hydroxylation is 1. The van der Waals surface area contributed by atoms with Crippen LogP contribution >= 0.6 is 0 Å². The van der Waals surface area contributed by atoms with Crippen LogP contribution in [0.25, 0.3) is 5.69 Å². The Morgan fingerprint density at radius 1 is 1.12 bits per heavy atom. The molecule has 4 nitrogen and oxygen atoms in total. The fourth-order valence-corrected chi connectivity index (χ4v) is 3.54. The van der Waals surface area contributed by atoms with Crippen molar-refractivity contribution in [3.05, 3.63) is 77.4 Å². The normalized spacial score (nSPS) is 14.9. The van der Waals surface area contributed by atoms with E-state index in [4.69, 9.17) is 0 Å². The molecule has 0 fully saturated rings. The average Bonchev–Trinajstić information content (AvgIpc) is 3.17. The lowest BCUT2D eigenvalue weighted by atomic mass is 9.91. The second kappa shape index (κ2) is 7.19. The number of rotatable bonds is 5. The number of aromatic nitrogens is 3. The van der Waals surface area contributed by atoms with Gasteiger partial charge in [0.1, 0.15) is 0 Å². The van der Waals surface area contributed by atoms with Crippen LogP contribution in [-0.2, 0) is 19.4 Å². The van der Waals surface area contributed by atoms with Crippen molar-refractivity contribution in [2.75, 3.05) is 0 Å². The molecule has 4 heteroatoms. The van der Waals surface area contributed by atoms with Crippen molar-refractivity contribution in [3.8, 4) is 5.69 Å². The summed E-state index contributed by atoms with van der Waals surface area (Å²) >= 11 is 0. The molecule has 0 bridgehead atoms. The summed E-state index contributed by atoms with van der Waals surface area (Å²) < 4.78 is 1.93. The van der Waals surface area contributed by atoms with Gasteiger partial charge >= 0.3 is 0 Å². The molecule has 0 radical (unpaired) electrons. The standard InChI is InChI=1S/C21H24N4/c1-16(18-13-24-25(15-18)19-8-3-2-4-9-19)23-14-21-20-10-6-5-7-17(20)11-12-22-21/h2-4,8-9,11-13,15-16,23H,5-7,10,14H2,1H3. The average molecular weight is 332 g/mol. The van der Waals surface area contributed by atoms with Crippen molar-refractivity contribution in [1.29, 1.82) is 0 Å². The van der Waals surface area contributed by atoms with Gasteiger partial charge in [0.25, 0.3) is 0 Å². The molecule has 1 aliphatic rings. The maximum atomic E-state index is 4.63. The third-order valence-corrected chi connectivity index (χ3v) is 5.06. The summed E-state index contributed by atoms with van der Waals surface area (Å²) in [5.41, 5.74) is 6.43. The summed E-state index contributed by atoms with van der Waals surface area (Å²) in [5.74, 6) is 0. The van der Waals surface area contributed by atoms with Gasteiger partial charge in [-0.15, -0.1) is 0 Å². The number of hydrogen-bond donors (Lipinski definition) is 1. The minimum atomic E-state index is 0.235. The second-order valence-electron chi connectivity index (χ2n) is 6.76. The second-order valence-corrected chi connectivity index (χ2v) is 6.76. The number of nitrogens with zero attached hydrogens (tertiary/aromatic N) is 3. The Morgan fingerprint density at radius 2 is 1.96 bits per heavy atom. The van der Waals surface area contributed by atoms with Crippen LogP contribution in [0.1, 0.15) is 48.2 Å². The lowest BCUT2D eigenvalue weighted by Gasteiger charge is -2.20. The number of fused-ring (bicyclic) bond motifs is 1. The summed E-state index contributed by atoms with van der Waals surface area (Å²) in [6, 6.07) is 12.6. The van der Waals surface area contributed by atoms with Gasteiger partial charge in [-0.05, 0) is 61.9 Å². The quantitative estimate of drug-likeness (QED) is 0.768. The largest absolute Gasteiger partial charge is 0.304 e. The molecular weight excluding hydrogens is 308 g/mol. The molecule has 128 valence electrons. The monoisotopic (exact) mass is 332 g/mol. The molecule has 0 aliphatic heterocycles. The predicted molar refractivity (Wildman–Crippen MR) is 99.7 cm³/mol. The van der Waals surface area contributed by atoms with Crippen LogP contribution in [0.2, 0.25) is 0 Å². The third-order valence-electron chi connectivity index (χ3n) is 5.06. The molecule has 0 saturated carbocycles. The molecule has 1 N–H and O–H groups in total. The Labute approximate surface area is 148 Å². The minimum Gasteiger partial charge on any atom is -0.304 e. The first kappa shape index (κ1) is 16.0. The Morgan fingerprint density at radius 3 is 2.84 bits per heavy atom. The SMILES string of the molecule is CC(NCc1nccc2c1CCCC2)c1cnn(-c2ccccc2)c1. The Bertz CT molecular complexity index is 838. The molecule has 0 saturated heterocycles. The van der Waals surface area contributed by atoms with Crippen molar-refractivity contribution in [2.45, 2.75) is 45.2 Å². The topological polar surface area (TPSA) is 42.7 Å². The molecule has 3 aromatic rings. The van der Waals surface area contributed by atoms with Gasteiger partial charge in [0.05, 0.1) is 17.6 Å². The van der Waals surface area contributed by atoms with Crippen LogP contribution in [0, 0.1) is 0 Å². The zero-order valence-corrected chi connectivity index (χ0v) is 14.7. The maximum Gasteiger partial charge on any atom is 0.0645 e. The highest BCUT2D eigenvalue weighted by atomic mass is 15.3. The van der Waals surface area contributed by atoms with Crippen molar-refractivity contribution in [3.63, 3.8) is 0 Å². The van der Waals surface area contributed by atoms with E-state index in [2.05, 4.69) is 46.7 Å². The van der Waals surface area contributed by atoms with Crippen LogP contribution in [0.15, 0.2) is 55.0 Å². The van der Waals surface area contributed by atoms with Crippen LogP contribution in [-0.4, -0.2) is 14.8 Å². The number of nitrogens with one attached hydrogen (secondary N) is 1. The first-order chi connectivity index (χ1) is 12.3. The summed E-state index contributed by atoms with van der Waals surface area (Å²) in [6.45, 7) is 2.99. The van der Waals surface area contributed by atoms with Gasteiger partial charge in [-0.2, -0.15) is 5.10 Å². The number of hydrogen-bond acceptors (Lipinski definition) is 3. The van der Waals surface area contributed by atoms with Crippen LogP contribution in [0.5, 0.6) is 0 Å². The molecule has 2 aromatic heterocycles. The highest BCUT2D eigenvalue weighted by Crippen LogP contribution is 2.23. The summed E-state index contributed by atoms with van der Waals surface area (Å²) in [4.78, 5) is 4.63. The van der Waals surface area contributed by atoms with E-state index >= 15 is 0 Å². The Hall–Kier alpha value is -2.46. The van der Waals surface area contributed by atoms with Crippen LogP contribution in [0.4, 0.5) is 0 Å². The van der Waals surface area contributed by atoms with Crippen molar-refractivity contribution < 1.29 is 0 Å². The molecule has 1 unspecified atom stereocenters. The molecule has 0 amide bonds. The van der Waals surface area contributed by atoms with Gasteiger partial charge in [-0.1, -0.05) is 18.2 Å². The number of pyridine rings is 1. The van der Waals surface area contributed by atoms with Gasteiger partial charge in [0.15, 0.2) is 0 Å². The molecule has 2 heterocycles. The van der Waals surface area contributed by atoms with E-state index in [1.165, 1.54) is 48.1 Å². The summed E-state index contributed by atoms with van der Waals surface area (Å²) in [6.07, 6.45) is 11.0. The zero-order valence-electron chi connectivity index (χ0n) is 14.7. The highest BCUT2D eigenvalue weighted by Gasteiger charge is 2.15. The number of benzene rings is 1. The third kappa shape index (κ3) is 3.49. The van der Waals surface area contributed by atoms with Gasteiger partial charge in [0.2, 0.25) is 0 Å². The van der Waals surface area contributed by atoms with Gasteiger partial charge in [0, 0.05) is 30.5 Å². The molecule has 1 aliphatic carbocycles. The molecule has 1 aromatic carbocycles. The maximum absolute atomic E-state index is 4.63. The molecule has 4 rings (SSSR count). The van der Waals surface area contributed by atoms with Gasteiger partial charge < -0.3 is 5.32 Å². The molecule has 1 atom stereocenters. The lowest BCUT2D eigenvalue weighted by Crippen LogP contribution is -2.20. The molecule has 0 spiro atoms.